The predicted molar refractivity (Wildman–Crippen MR) is 139 cm³/mol. The monoisotopic (exact) mass is 580 g/mol. The van der Waals surface area contributed by atoms with Gasteiger partial charge in [-0.3, -0.25) is 0 Å². The molecule has 3 heterocycles. The molecule has 0 aromatic rings. The molecule has 234 valence electrons. The number of hydrogen-bond acceptors (Lipinski definition) is 16. The van der Waals surface area contributed by atoms with Crippen molar-refractivity contribution in [2.24, 2.45) is 22.9 Å². The summed E-state index contributed by atoms with van der Waals surface area (Å²) < 4.78 is 30.0. The standard InChI is InChI=1S/C24H48N6O10/c1-29-16-18(34)21-14(6-11(28)22(39-21)38-20-10(27)5-9(26)17(33)19(20)35)36-24(16)40-23-13(32)7-12(15(8-31)37-23)30-4-2-3-25/h9-24,29-35H,2-8,25-28H2,1H3/t9-,10?,11?,12+,13?,14+,15?,16?,17?,18?,19?,20-,21?,22+,23-,24?/m1/s1. The average molecular weight is 581 g/mol. The highest BCUT2D eigenvalue weighted by Crippen LogP contribution is 2.35. The molecule has 40 heavy (non-hydrogen) atoms. The van der Waals surface area contributed by atoms with E-state index in [0.717, 1.165) is 6.42 Å². The van der Waals surface area contributed by atoms with Gasteiger partial charge in [-0.25, -0.2) is 0 Å². The van der Waals surface area contributed by atoms with Gasteiger partial charge in [0.1, 0.15) is 30.5 Å². The molecule has 1 aliphatic carbocycles. The van der Waals surface area contributed by atoms with Crippen LogP contribution in [0.3, 0.4) is 0 Å². The van der Waals surface area contributed by atoms with E-state index in [1.807, 2.05) is 0 Å². The molecule has 0 amide bonds. The van der Waals surface area contributed by atoms with Crippen molar-refractivity contribution < 1.29 is 49.2 Å². The summed E-state index contributed by atoms with van der Waals surface area (Å²) in [7, 11) is 1.62. The fourth-order valence-electron chi connectivity index (χ4n) is 6.00. The number of likely N-dealkylation sites (N-methyl/N-ethyl adjacent to an activating group) is 1. The lowest BCUT2D eigenvalue weighted by molar-refractivity contribution is -0.368. The molecule has 3 saturated heterocycles. The van der Waals surface area contributed by atoms with Crippen LogP contribution in [0.1, 0.15) is 25.7 Å². The number of aliphatic hydroxyl groups is 5. The number of rotatable bonds is 10. The molecule has 15 N–H and O–H groups in total. The molecule has 0 aromatic heterocycles. The van der Waals surface area contributed by atoms with Gasteiger partial charge in [-0.15, -0.1) is 0 Å². The Hall–Kier alpha value is -0.640. The maximum Gasteiger partial charge on any atom is 0.187 e. The summed E-state index contributed by atoms with van der Waals surface area (Å²) in [5.41, 5.74) is 23.9. The summed E-state index contributed by atoms with van der Waals surface area (Å²) in [4.78, 5) is 0. The molecule has 16 heteroatoms. The van der Waals surface area contributed by atoms with Crippen molar-refractivity contribution in [1.29, 1.82) is 0 Å². The van der Waals surface area contributed by atoms with Crippen molar-refractivity contribution in [2.75, 3.05) is 26.7 Å². The minimum Gasteiger partial charge on any atom is -0.394 e. The first-order chi connectivity index (χ1) is 19.1. The van der Waals surface area contributed by atoms with Crippen LogP contribution in [0.15, 0.2) is 0 Å². The lowest BCUT2D eigenvalue weighted by Crippen LogP contribution is -2.69. The average Bonchev–Trinajstić information content (AvgIpc) is 2.92. The molecule has 0 spiro atoms. The Morgan fingerprint density at radius 3 is 2.25 bits per heavy atom. The maximum atomic E-state index is 11.2. The zero-order valence-electron chi connectivity index (χ0n) is 22.8. The van der Waals surface area contributed by atoms with Gasteiger partial charge >= 0.3 is 0 Å². The van der Waals surface area contributed by atoms with E-state index in [-0.39, 0.29) is 31.9 Å². The van der Waals surface area contributed by atoms with E-state index < -0.39 is 91.9 Å². The molecule has 1 saturated carbocycles. The molecule has 0 radical (unpaired) electrons. The van der Waals surface area contributed by atoms with E-state index in [1.54, 1.807) is 7.05 Å². The molecule has 10 unspecified atom stereocenters. The normalized spacial score (nSPS) is 50.0. The number of hydrogen-bond donors (Lipinski definition) is 11. The van der Waals surface area contributed by atoms with Crippen molar-refractivity contribution in [3.8, 4) is 0 Å². The minimum absolute atomic E-state index is 0.212. The van der Waals surface area contributed by atoms with Gasteiger partial charge in [0.2, 0.25) is 0 Å². The second kappa shape index (κ2) is 14.2. The number of aliphatic hydroxyl groups excluding tert-OH is 5. The third kappa shape index (κ3) is 6.94. The van der Waals surface area contributed by atoms with Gasteiger partial charge in [-0.1, -0.05) is 0 Å². The lowest BCUT2D eigenvalue weighted by atomic mass is 9.84. The Kier molecular flexibility index (Phi) is 11.5. The third-order valence-corrected chi connectivity index (χ3v) is 8.34. The van der Waals surface area contributed by atoms with Gasteiger partial charge in [0.25, 0.3) is 0 Å². The zero-order chi connectivity index (χ0) is 29.1. The van der Waals surface area contributed by atoms with Crippen LogP contribution in [0.2, 0.25) is 0 Å². The minimum atomic E-state index is -1.33. The molecule has 4 rings (SSSR count). The fraction of sp³-hybridized carbons (Fsp3) is 1.00. The summed E-state index contributed by atoms with van der Waals surface area (Å²) in [5.74, 6) is 0. The summed E-state index contributed by atoms with van der Waals surface area (Å²) in [5, 5.41) is 58.7. The van der Waals surface area contributed by atoms with Crippen LogP contribution in [0.5, 0.6) is 0 Å². The molecule has 4 aliphatic rings. The molecular formula is C24H48N6O10. The number of fused-ring (bicyclic) bond motifs is 1. The SMILES string of the molecule is CNC1C(O[C@H]2OC(CO)[C@@H](NCCCN)CC2O)O[C@H]2CC(N)[C@@H](O[C@@H]3C(N)C[C@@H](N)C(O)C3O)OC2C1O. The largest absolute Gasteiger partial charge is 0.394 e. The first-order valence-corrected chi connectivity index (χ1v) is 14.1. The van der Waals surface area contributed by atoms with E-state index in [4.69, 9.17) is 46.6 Å². The molecule has 16 atom stereocenters. The highest BCUT2D eigenvalue weighted by molar-refractivity contribution is 5.01. The summed E-state index contributed by atoms with van der Waals surface area (Å²) in [6, 6.07) is -3.14. The van der Waals surface area contributed by atoms with E-state index in [2.05, 4.69) is 10.6 Å². The van der Waals surface area contributed by atoms with E-state index in [9.17, 15) is 25.5 Å². The van der Waals surface area contributed by atoms with Crippen LogP contribution in [0.4, 0.5) is 0 Å². The van der Waals surface area contributed by atoms with Crippen LogP contribution in [-0.4, -0.2) is 150 Å². The molecular weight excluding hydrogens is 532 g/mol. The Morgan fingerprint density at radius 2 is 1.57 bits per heavy atom. The van der Waals surface area contributed by atoms with Crippen molar-refractivity contribution in [3.05, 3.63) is 0 Å². The first-order valence-electron chi connectivity index (χ1n) is 14.1. The van der Waals surface area contributed by atoms with Gasteiger partial charge < -0.3 is 82.8 Å². The van der Waals surface area contributed by atoms with Crippen molar-refractivity contribution in [1.82, 2.24) is 10.6 Å². The maximum absolute atomic E-state index is 11.2. The van der Waals surface area contributed by atoms with E-state index >= 15 is 0 Å². The van der Waals surface area contributed by atoms with Crippen molar-refractivity contribution in [3.63, 3.8) is 0 Å². The Bertz CT molecular complexity index is 790. The molecule has 16 nitrogen and oxygen atoms in total. The third-order valence-electron chi connectivity index (χ3n) is 8.34. The first kappa shape index (κ1) is 32.3. The molecule has 4 fully saturated rings. The van der Waals surface area contributed by atoms with Gasteiger partial charge in [0.15, 0.2) is 18.9 Å². The Labute approximate surface area is 233 Å². The van der Waals surface area contributed by atoms with Gasteiger partial charge in [0.05, 0.1) is 37.0 Å². The second-order valence-corrected chi connectivity index (χ2v) is 11.2. The summed E-state index contributed by atoms with van der Waals surface area (Å²) in [6.07, 6.45) is -9.61. The molecule has 0 aromatic carbocycles. The quantitative estimate of drug-likeness (QED) is 0.107. The predicted octanol–water partition coefficient (Wildman–Crippen LogP) is -5.94. The van der Waals surface area contributed by atoms with Gasteiger partial charge in [-0.05, 0) is 45.8 Å². The zero-order valence-corrected chi connectivity index (χ0v) is 22.8. The van der Waals surface area contributed by atoms with Crippen LogP contribution in [0.25, 0.3) is 0 Å². The van der Waals surface area contributed by atoms with Crippen molar-refractivity contribution >= 4 is 0 Å². The highest BCUT2D eigenvalue weighted by atomic mass is 16.8. The summed E-state index contributed by atoms with van der Waals surface area (Å²) in [6.45, 7) is 0.849. The number of nitrogens with two attached hydrogens (primary N) is 4. The number of ether oxygens (including phenoxy) is 5. The van der Waals surface area contributed by atoms with Gasteiger partial charge in [-0.2, -0.15) is 0 Å². The van der Waals surface area contributed by atoms with Crippen molar-refractivity contribution in [2.45, 2.75) is 124 Å². The second-order valence-electron chi connectivity index (χ2n) is 11.2. The lowest BCUT2D eigenvalue weighted by Gasteiger charge is -2.51. The number of nitrogens with one attached hydrogen (secondary N) is 2. The van der Waals surface area contributed by atoms with E-state index in [1.165, 1.54) is 0 Å². The van der Waals surface area contributed by atoms with Crippen LogP contribution >= 0.6 is 0 Å². The van der Waals surface area contributed by atoms with E-state index in [0.29, 0.717) is 13.1 Å². The van der Waals surface area contributed by atoms with Crippen LogP contribution in [0, 0.1) is 0 Å². The molecule has 3 aliphatic heterocycles. The van der Waals surface area contributed by atoms with Gasteiger partial charge in [0, 0.05) is 18.1 Å². The Balaban J connectivity index is 1.38. The highest BCUT2D eigenvalue weighted by Gasteiger charge is 2.53. The smallest absolute Gasteiger partial charge is 0.187 e. The van der Waals surface area contributed by atoms with Crippen LogP contribution < -0.4 is 33.6 Å². The topological polar surface area (TPSA) is 275 Å². The summed E-state index contributed by atoms with van der Waals surface area (Å²) >= 11 is 0. The van der Waals surface area contributed by atoms with Crippen LogP contribution in [-0.2, 0) is 23.7 Å². The fourth-order valence-corrected chi connectivity index (χ4v) is 6.00. The Morgan fingerprint density at radius 1 is 0.825 bits per heavy atom. The molecule has 0 bridgehead atoms.